The second kappa shape index (κ2) is 5.93. The van der Waals surface area contributed by atoms with E-state index >= 15 is 0 Å². The molecule has 90 valence electrons. The Bertz CT molecular complexity index is 434. The molecule has 6 heteroatoms. The van der Waals surface area contributed by atoms with Crippen molar-refractivity contribution in [3.8, 4) is 0 Å². The average Bonchev–Trinajstić information content (AvgIpc) is 2.24. The number of hydrogen-bond donors (Lipinski definition) is 2. The van der Waals surface area contributed by atoms with E-state index < -0.39 is 15.8 Å². The second-order valence-corrected chi connectivity index (χ2v) is 5.08. The van der Waals surface area contributed by atoms with E-state index in [2.05, 4.69) is 10.0 Å². The van der Waals surface area contributed by atoms with Crippen LogP contribution in [0, 0.1) is 5.82 Å². The zero-order valence-corrected chi connectivity index (χ0v) is 9.85. The van der Waals surface area contributed by atoms with Crippen LogP contribution in [0.5, 0.6) is 0 Å². The van der Waals surface area contributed by atoms with Crippen LogP contribution in [0.3, 0.4) is 0 Å². The zero-order chi connectivity index (χ0) is 12.0. The minimum atomic E-state index is -3.58. The summed E-state index contributed by atoms with van der Waals surface area (Å²) in [5.41, 5.74) is 0. The van der Waals surface area contributed by atoms with Gasteiger partial charge in [0.05, 0.1) is 4.90 Å². The van der Waals surface area contributed by atoms with Gasteiger partial charge in [0, 0.05) is 6.54 Å². The molecule has 0 saturated carbocycles. The van der Waals surface area contributed by atoms with Gasteiger partial charge in [0.1, 0.15) is 5.82 Å². The predicted octanol–water partition coefficient (Wildman–Crippen LogP) is 0.714. The molecule has 2 N–H and O–H groups in total. The van der Waals surface area contributed by atoms with Crippen LogP contribution in [0.2, 0.25) is 0 Å². The Morgan fingerprint density at radius 1 is 1.31 bits per heavy atom. The third kappa shape index (κ3) is 3.88. The fourth-order valence-electron chi connectivity index (χ4n) is 1.19. The van der Waals surface area contributed by atoms with E-state index in [1.807, 2.05) is 0 Å². The Morgan fingerprint density at radius 2 is 2.06 bits per heavy atom. The quantitative estimate of drug-likeness (QED) is 0.727. The molecule has 0 atom stereocenters. The Balaban J connectivity index is 2.64. The van der Waals surface area contributed by atoms with Crippen molar-refractivity contribution in [3.05, 3.63) is 30.1 Å². The number of hydrogen-bond acceptors (Lipinski definition) is 3. The number of benzene rings is 1. The summed E-state index contributed by atoms with van der Waals surface area (Å²) >= 11 is 0. The van der Waals surface area contributed by atoms with Crippen molar-refractivity contribution < 1.29 is 12.8 Å². The van der Waals surface area contributed by atoms with E-state index in [9.17, 15) is 12.8 Å². The van der Waals surface area contributed by atoms with E-state index in [-0.39, 0.29) is 4.90 Å². The summed E-state index contributed by atoms with van der Waals surface area (Å²) in [5.74, 6) is -0.557. The van der Waals surface area contributed by atoms with E-state index in [1.54, 1.807) is 7.05 Å². The van der Waals surface area contributed by atoms with Crippen LogP contribution in [-0.4, -0.2) is 28.6 Å². The van der Waals surface area contributed by atoms with Crippen LogP contribution in [0.4, 0.5) is 4.39 Å². The zero-order valence-electron chi connectivity index (χ0n) is 9.03. The predicted molar refractivity (Wildman–Crippen MR) is 60.1 cm³/mol. The largest absolute Gasteiger partial charge is 0.320 e. The lowest BCUT2D eigenvalue weighted by Gasteiger charge is -2.06. The molecule has 0 aliphatic carbocycles. The lowest BCUT2D eigenvalue weighted by molar-refractivity contribution is 0.573. The maximum absolute atomic E-state index is 12.8. The van der Waals surface area contributed by atoms with Gasteiger partial charge in [-0.25, -0.2) is 17.5 Å². The summed E-state index contributed by atoms with van der Waals surface area (Å²) in [4.78, 5) is -0.0445. The lowest BCUT2D eigenvalue weighted by atomic mass is 10.4. The first-order valence-electron chi connectivity index (χ1n) is 4.96. The molecule has 0 spiro atoms. The maximum atomic E-state index is 12.8. The first-order valence-corrected chi connectivity index (χ1v) is 6.44. The van der Waals surface area contributed by atoms with Crippen LogP contribution in [0.1, 0.15) is 6.42 Å². The van der Waals surface area contributed by atoms with Crippen molar-refractivity contribution in [2.75, 3.05) is 20.1 Å². The lowest BCUT2D eigenvalue weighted by Crippen LogP contribution is -2.26. The van der Waals surface area contributed by atoms with Crippen molar-refractivity contribution in [1.82, 2.24) is 10.0 Å². The fraction of sp³-hybridized carbons (Fsp3) is 0.400. The number of rotatable bonds is 6. The van der Waals surface area contributed by atoms with E-state index in [1.165, 1.54) is 18.2 Å². The van der Waals surface area contributed by atoms with Crippen molar-refractivity contribution in [3.63, 3.8) is 0 Å². The van der Waals surface area contributed by atoms with Gasteiger partial charge in [-0.15, -0.1) is 0 Å². The molecule has 4 nitrogen and oxygen atoms in total. The highest BCUT2D eigenvalue weighted by Crippen LogP contribution is 2.09. The minimum Gasteiger partial charge on any atom is -0.320 e. The molecule has 0 aromatic heterocycles. The van der Waals surface area contributed by atoms with Gasteiger partial charge in [0.15, 0.2) is 0 Å². The first kappa shape index (κ1) is 13.1. The summed E-state index contributed by atoms with van der Waals surface area (Å²) in [6.07, 6.45) is 0.686. The Kier molecular flexibility index (Phi) is 4.85. The maximum Gasteiger partial charge on any atom is 0.240 e. The van der Waals surface area contributed by atoms with Crippen LogP contribution in [-0.2, 0) is 10.0 Å². The molecule has 0 fully saturated rings. The van der Waals surface area contributed by atoms with Gasteiger partial charge < -0.3 is 5.32 Å². The molecule has 0 unspecified atom stereocenters. The van der Waals surface area contributed by atoms with Gasteiger partial charge >= 0.3 is 0 Å². The molecule has 1 aromatic carbocycles. The van der Waals surface area contributed by atoms with Crippen molar-refractivity contribution >= 4 is 10.0 Å². The molecule has 0 saturated heterocycles. The average molecular weight is 246 g/mol. The van der Waals surface area contributed by atoms with Gasteiger partial charge in [-0.2, -0.15) is 0 Å². The minimum absolute atomic E-state index is 0.0445. The van der Waals surface area contributed by atoms with Crippen LogP contribution >= 0.6 is 0 Å². The third-order valence-corrected chi connectivity index (χ3v) is 3.46. The Morgan fingerprint density at radius 3 is 2.69 bits per heavy atom. The van der Waals surface area contributed by atoms with Crippen LogP contribution in [0.25, 0.3) is 0 Å². The number of halogens is 1. The summed E-state index contributed by atoms with van der Waals surface area (Å²) < 4.78 is 38.5. The number of sulfonamides is 1. The SMILES string of the molecule is CNCCCNS(=O)(=O)c1cccc(F)c1. The van der Waals surface area contributed by atoms with E-state index in [0.717, 1.165) is 12.6 Å². The van der Waals surface area contributed by atoms with E-state index in [4.69, 9.17) is 0 Å². The van der Waals surface area contributed by atoms with Gasteiger partial charge in [0.2, 0.25) is 10.0 Å². The smallest absolute Gasteiger partial charge is 0.240 e. The molecule has 16 heavy (non-hydrogen) atoms. The molecule has 0 aliphatic rings. The van der Waals surface area contributed by atoms with Crippen molar-refractivity contribution in [1.29, 1.82) is 0 Å². The topological polar surface area (TPSA) is 58.2 Å². The van der Waals surface area contributed by atoms with Gasteiger partial charge in [0.25, 0.3) is 0 Å². The summed E-state index contributed by atoms with van der Waals surface area (Å²) in [6.45, 7) is 1.06. The third-order valence-electron chi connectivity index (χ3n) is 2.00. The fourth-order valence-corrected chi connectivity index (χ4v) is 2.29. The summed E-state index contributed by atoms with van der Waals surface area (Å²) in [7, 11) is -1.79. The normalized spacial score (nSPS) is 11.6. The standard InChI is InChI=1S/C10H15FN2O2S/c1-12-6-3-7-13-16(14,15)10-5-2-4-9(11)8-10/h2,4-5,8,12-13H,3,6-7H2,1H3. The molecule has 0 amide bonds. The van der Waals surface area contributed by atoms with Crippen molar-refractivity contribution in [2.45, 2.75) is 11.3 Å². The van der Waals surface area contributed by atoms with Crippen LogP contribution in [0.15, 0.2) is 29.2 Å². The monoisotopic (exact) mass is 246 g/mol. The van der Waals surface area contributed by atoms with Crippen LogP contribution < -0.4 is 10.0 Å². The second-order valence-electron chi connectivity index (χ2n) is 3.31. The molecular weight excluding hydrogens is 231 g/mol. The molecule has 0 heterocycles. The molecule has 0 bridgehead atoms. The van der Waals surface area contributed by atoms with Crippen molar-refractivity contribution in [2.24, 2.45) is 0 Å². The summed E-state index contributed by atoms with van der Waals surface area (Å²) in [6, 6.07) is 4.95. The molecule has 0 radical (unpaired) electrons. The van der Waals surface area contributed by atoms with E-state index in [0.29, 0.717) is 13.0 Å². The highest BCUT2D eigenvalue weighted by Gasteiger charge is 2.13. The number of nitrogens with one attached hydrogen (secondary N) is 2. The Hall–Kier alpha value is -0.980. The molecule has 1 aromatic rings. The highest BCUT2D eigenvalue weighted by atomic mass is 32.2. The molecule has 1 rings (SSSR count). The van der Waals surface area contributed by atoms with Gasteiger partial charge in [-0.1, -0.05) is 6.07 Å². The van der Waals surface area contributed by atoms with Gasteiger partial charge in [-0.3, -0.25) is 0 Å². The summed E-state index contributed by atoms with van der Waals surface area (Å²) in [5, 5.41) is 2.91. The molecule has 0 aliphatic heterocycles. The van der Waals surface area contributed by atoms with Gasteiger partial charge in [-0.05, 0) is 38.2 Å². The Labute approximate surface area is 94.9 Å². The molecular formula is C10H15FN2O2S. The first-order chi connectivity index (χ1) is 7.56. The highest BCUT2D eigenvalue weighted by molar-refractivity contribution is 7.89.